The lowest BCUT2D eigenvalue weighted by atomic mass is 10.0. The third-order valence-corrected chi connectivity index (χ3v) is 4.15. The van der Waals surface area contributed by atoms with Gasteiger partial charge in [-0.25, -0.2) is 4.39 Å². The molecule has 2 aromatic carbocycles. The minimum Gasteiger partial charge on any atom is -0.492 e. The van der Waals surface area contributed by atoms with Crippen LogP contribution in [0.2, 0.25) is 0 Å². The summed E-state index contributed by atoms with van der Waals surface area (Å²) in [6.45, 7) is 4.12. The van der Waals surface area contributed by atoms with Crippen LogP contribution in [-0.2, 0) is 6.42 Å². The van der Waals surface area contributed by atoms with Crippen molar-refractivity contribution >= 4 is 0 Å². The van der Waals surface area contributed by atoms with E-state index in [-0.39, 0.29) is 5.82 Å². The Morgan fingerprint density at radius 3 is 2.41 bits per heavy atom. The Hall–Kier alpha value is -1.87. The standard InChI is InChI=1S/C19H22FNO/c20-19-6-2-1-5-17(19)15-16-7-9-18(10-8-16)22-14-13-21-11-3-4-12-21/h1-2,5-10H,3-4,11-15H2. The van der Waals surface area contributed by atoms with Crippen LogP contribution in [0.25, 0.3) is 0 Å². The maximum atomic E-state index is 13.6. The number of benzene rings is 2. The molecule has 1 aliphatic heterocycles. The third kappa shape index (κ3) is 4.08. The third-order valence-electron chi connectivity index (χ3n) is 4.15. The van der Waals surface area contributed by atoms with Crippen LogP contribution in [0.4, 0.5) is 4.39 Å². The van der Waals surface area contributed by atoms with Gasteiger partial charge in [-0.2, -0.15) is 0 Å². The molecule has 0 saturated carbocycles. The van der Waals surface area contributed by atoms with E-state index >= 15 is 0 Å². The molecule has 1 aliphatic rings. The Kier molecular flexibility index (Phi) is 5.07. The van der Waals surface area contributed by atoms with Gasteiger partial charge >= 0.3 is 0 Å². The number of hydrogen-bond donors (Lipinski definition) is 0. The van der Waals surface area contributed by atoms with Crippen molar-refractivity contribution in [2.24, 2.45) is 0 Å². The fraction of sp³-hybridized carbons (Fsp3) is 0.368. The van der Waals surface area contributed by atoms with E-state index < -0.39 is 0 Å². The maximum absolute atomic E-state index is 13.6. The quantitative estimate of drug-likeness (QED) is 0.802. The molecule has 0 amide bonds. The van der Waals surface area contributed by atoms with Crippen molar-refractivity contribution in [3.63, 3.8) is 0 Å². The predicted molar refractivity (Wildman–Crippen MR) is 86.8 cm³/mol. The summed E-state index contributed by atoms with van der Waals surface area (Å²) in [6, 6.07) is 14.9. The molecule has 3 heteroatoms. The number of ether oxygens (including phenoxy) is 1. The van der Waals surface area contributed by atoms with E-state index in [0.29, 0.717) is 6.42 Å². The van der Waals surface area contributed by atoms with Gasteiger partial charge in [-0.15, -0.1) is 0 Å². The summed E-state index contributed by atoms with van der Waals surface area (Å²) in [5, 5.41) is 0. The summed E-state index contributed by atoms with van der Waals surface area (Å²) in [5.74, 6) is 0.741. The Morgan fingerprint density at radius 2 is 1.68 bits per heavy atom. The Morgan fingerprint density at radius 1 is 0.955 bits per heavy atom. The molecule has 0 aromatic heterocycles. The van der Waals surface area contributed by atoms with Gasteiger partial charge < -0.3 is 4.74 Å². The van der Waals surface area contributed by atoms with Crippen molar-refractivity contribution in [2.75, 3.05) is 26.2 Å². The number of hydrogen-bond acceptors (Lipinski definition) is 2. The first-order valence-electron chi connectivity index (χ1n) is 7.99. The Labute approximate surface area is 131 Å². The van der Waals surface area contributed by atoms with Gasteiger partial charge in [0.15, 0.2) is 0 Å². The van der Waals surface area contributed by atoms with E-state index in [1.807, 2.05) is 36.4 Å². The number of rotatable bonds is 6. The first-order chi connectivity index (χ1) is 10.8. The van der Waals surface area contributed by atoms with Gasteiger partial charge in [-0.05, 0) is 55.3 Å². The fourth-order valence-corrected chi connectivity index (χ4v) is 2.86. The zero-order valence-electron chi connectivity index (χ0n) is 12.8. The van der Waals surface area contributed by atoms with Gasteiger partial charge in [0.1, 0.15) is 18.2 Å². The van der Waals surface area contributed by atoms with Gasteiger partial charge in [0.05, 0.1) is 0 Å². The largest absolute Gasteiger partial charge is 0.492 e. The summed E-state index contributed by atoms with van der Waals surface area (Å²) in [6.07, 6.45) is 3.23. The van der Waals surface area contributed by atoms with E-state index in [1.165, 1.54) is 32.0 Å². The van der Waals surface area contributed by atoms with Crippen molar-refractivity contribution in [2.45, 2.75) is 19.3 Å². The van der Waals surface area contributed by atoms with E-state index in [2.05, 4.69) is 4.90 Å². The van der Waals surface area contributed by atoms with Crippen LogP contribution in [0.3, 0.4) is 0 Å². The average molecular weight is 299 g/mol. The molecular weight excluding hydrogens is 277 g/mol. The molecule has 0 N–H and O–H groups in total. The van der Waals surface area contributed by atoms with Crippen LogP contribution < -0.4 is 4.74 Å². The molecule has 22 heavy (non-hydrogen) atoms. The lowest BCUT2D eigenvalue weighted by molar-refractivity contribution is 0.238. The number of nitrogens with zero attached hydrogens (tertiary/aromatic N) is 1. The topological polar surface area (TPSA) is 12.5 Å². The summed E-state index contributed by atoms with van der Waals surface area (Å²) >= 11 is 0. The summed E-state index contributed by atoms with van der Waals surface area (Å²) in [4.78, 5) is 2.44. The molecule has 2 aromatic rings. The molecule has 2 nitrogen and oxygen atoms in total. The van der Waals surface area contributed by atoms with Crippen molar-refractivity contribution in [3.8, 4) is 5.75 Å². The highest BCUT2D eigenvalue weighted by Crippen LogP contribution is 2.17. The second-order valence-corrected chi connectivity index (χ2v) is 5.81. The van der Waals surface area contributed by atoms with Crippen LogP contribution in [0.1, 0.15) is 24.0 Å². The first kappa shape index (κ1) is 15.0. The maximum Gasteiger partial charge on any atom is 0.126 e. The van der Waals surface area contributed by atoms with Crippen molar-refractivity contribution < 1.29 is 9.13 Å². The smallest absolute Gasteiger partial charge is 0.126 e. The van der Waals surface area contributed by atoms with Crippen LogP contribution >= 0.6 is 0 Å². The predicted octanol–water partition coefficient (Wildman–Crippen LogP) is 3.89. The van der Waals surface area contributed by atoms with Gasteiger partial charge in [0.25, 0.3) is 0 Å². The molecule has 0 aliphatic carbocycles. The lowest BCUT2D eigenvalue weighted by Crippen LogP contribution is -2.25. The highest BCUT2D eigenvalue weighted by atomic mass is 19.1. The van der Waals surface area contributed by atoms with E-state index in [9.17, 15) is 4.39 Å². The minimum absolute atomic E-state index is 0.145. The molecule has 0 unspecified atom stereocenters. The number of likely N-dealkylation sites (tertiary alicyclic amines) is 1. The molecule has 3 rings (SSSR count). The minimum atomic E-state index is -0.145. The van der Waals surface area contributed by atoms with Gasteiger partial charge in [-0.3, -0.25) is 4.90 Å². The zero-order valence-corrected chi connectivity index (χ0v) is 12.8. The molecule has 1 saturated heterocycles. The fourth-order valence-electron chi connectivity index (χ4n) is 2.86. The molecule has 0 atom stereocenters. The Balaban J connectivity index is 1.50. The van der Waals surface area contributed by atoms with Crippen molar-refractivity contribution in [3.05, 3.63) is 65.5 Å². The summed E-state index contributed by atoms with van der Waals surface area (Å²) in [7, 11) is 0. The van der Waals surface area contributed by atoms with Gasteiger partial charge in [0, 0.05) is 13.0 Å². The van der Waals surface area contributed by atoms with Crippen LogP contribution in [0.5, 0.6) is 5.75 Å². The SMILES string of the molecule is Fc1ccccc1Cc1ccc(OCCN2CCCC2)cc1. The molecular formula is C19H22FNO. The number of halogens is 1. The Bertz CT molecular complexity index is 591. The molecule has 0 radical (unpaired) electrons. The second kappa shape index (κ2) is 7.41. The highest BCUT2D eigenvalue weighted by molar-refractivity contribution is 5.31. The highest BCUT2D eigenvalue weighted by Gasteiger charge is 2.10. The zero-order chi connectivity index (χ0) is 15.2. The van der Waals surface area contributed by atoms with E-state index in [1.54, 1.807) is 6.07 Å². The van der Waals surface area contributed by atoms with Crippen LogP contribution in [-0.4, -0.2) is 31.1 Å². The van der Waals surface area contributed by atoms with Crippen LogP contribution in [0, 0.1) is 5.82 Å². The molecule has 1 heterocycles. The summed E-state index contributed by atoms with van der Waals surface area (Å²) in [5.41, 5.74) is 1.82. The average Bonchev–Trinajstić information content (AvgIpc) is 3.05. The molecule has 116 valence electrons. The lowest BCUT2D eigenvalue weighted by Gasteiger charge is -2.15. The molecule has 0 bridgehead atoms. The molecule has 0 spiro atoms. The van der Waals surface area contributed by atoms with E-state index in [4.69, 9.17) is 4.74 Å². The normalized spacial score (nSPS) is 15.1. The van der Waals surface area contributed by atoms with Crippen LogP contribution in [0.15, 0.2) is 48.5 Å². The monoisotopic (exact) mass is 299 g/mol. The van der Waals surface area contributed by atoms with Crippen molar-refractivity contribution in [1.29, 1.82) is 0 Å². The van der Waals surface area contributed by atoms with Gasteiger partial charge in [0.2, 0.25) is 0 Å². The van der Waals surface area contributed by atoms with Gasteiger partial charge in [-0.1, -0.05) is 30.3 Å². The van der Waals surface area contributed by atoms with E-state index in [0.717, 1.165) is 30.0 Å². The van der Waals surface area contributed by atoms with Crippen molar-refractivity contribution in [1.82, 2.24) is 4.90 Å². The molecule has 1 fully saturated rings. The second-order valence-electron chi connectivity index (χ2n) is 5.81. The summed E-state index contributed by atoms with van der Waals surface area (Å²) < 4.78 is 19.4. The first-order valence-corrected chi connectivity index (χ1v) is 7.99.